The minimum atomic E-state index is -1.08. The Morgan fingerprint density at radius 1 is 1.13 bits per heavy atom. The largest absolute Gasteiger partial charge is 0.493 e. The molecule has 0 N–H and O–H groups in total. The number of benzene rings is 2. The van der Waals surface area contributed by atoms with Crippen molar-refractivity contribution < 1.29 is 28.5 Å². The Balaban J connectivity index is 2.07. The standard InChI is InChI=1S/C23H25NO6/c1-6-30-22(26)23-12-15-14(11-17(27-3)19(29-5)18(15)28-4)20(23)24(2)21(25)13-9-7-8-10-16(13)23/h7-11,20H,6,12H2,1-5H3/t20-,23+/m1/s1. The molecule has 7 heteroatoms. The topological polar surface area (TPSA) is 74.3 Å². The fraction of sp³-hybridized carbons (Fsp3) is 0.391. The normalized spacial score (nSPS) is 21.4. The first-order valence-corrected chi connectivity index (χ1v) is 9.81. The number of amides is 1. The van der Waals surface area contributed by atoms with Gasteiger partial charge in [-0.15, -0.1) is 0 Å². The third-order valence-corrected chi connectivity index (χ3v) is 6.17. The van der Waals surface area contributed by atoms with Gasteiger partial charge in [0.05, 0.1) is 34.0 Å². The summed E-state index contributed by atoms with van der Waals surface area (Å²) in [4.78, 5) is 28.4. The van der Waals surface area contributed by atoms with Crippen molar-refractivity contribution in [2.45, 2.75) is 24.8 Å². The van der Waals surface area contributed by atoms with Crippen molar-refractivity contribution >= 4 is 11.9 Å². The second kappa shape index (κ2) is 7.23. The number of fused-ring (bicyclic) bond motifs is 5. The predicted octanol–water partition coefficient (Wildman–Crippen LogP) is 2.90. The summed E-state index contributed by atoms with van der Waals surface area (Å²) in [6, 6.07) is 8.53. The van der Waals surface area contributed by atoms with Crippen LogP contribution in [-0.2, 0) is 21.4 Å². The number of hydrogen-bond donors (Lipinski definition) is 0. The highest BCUT2D eigenvalue weighted by molar-refractivity contribution is 6.03. The first kappa shape index (κ1) is 20.1. The van der Waals surface area contributed by atoms with Gasteiger partial charge in [0.1, 0.15) is 5.41 Å². The first-order valence-electron chi connectivity index (χ1n) is 9.81. The molecule has 30 heavy (non-hydrogen) atoms. The van der Waals surface area contributed by atoms with E-state index in [1.165, 1.54) is 0 Å². The maximum Gasteiger partial charge on any atom is 0.319 e. The van der Waals surface area contributed by atoms with Gasteiger partial charge in [-0.05, 0) is 36.6 Å². The Morgan fingerprint density at radius 3 is 2.47 bits per heavy atom. The first-order chi connectivity index (χ1) is 14.5. The van der Waals surface area contributed by atoms with E-state index in [2.05, 4.69) is 0 Å². The Kier molecular flexibility index (Phi) is 4.84. The van der Waals surface area contributed by atoms with Gasteiger partial charge in [-0.1, -0.05) is 18.2 Å². The van der Waals surface area contributed by atoms with Gasteiger partial charge in [0, 0.05) is 18.2 Å². The van der Waals surface area contributed by atoms with Gasteiger partial charge in [-0.25, -0.2) is 0 Å². The lowest BCUT2D eigenvalue weighted by molar-refractivity contribution is -0.152. The second-order valence-corrected chi connectivity index (χ2v) is 7.45. The summed E-state index contributed by atoms with van der Waals surface area (Å²) in [5, 5.41) is 0. The molecule has 0 saturated carbocycles. The zero-order valence-corrected chi connectivity index (χ0v) is 17.8. The number of hydrogen-bond acceptors (Lipinski definition) is 6. The number of ether oxygens (including phenoxy) is 4. The van der Waals surface area contributed by atoms with Gasteiger partial charge >= 0.3 is 5.97 Å². The predicted molar refractivity (Wildman–Crippen MR) is 109 cm³/mol. The van der Waals surface area contributed by atoms with Crippen LogP contribution in [0.3, 0.4) is 0 Å². The van der Waals surface area contributed by atoms with Crippen LogP contribution < -0.4 is 14.2 Å². The van der Waals surface area contributed by atoms with E-state index in [0.29, 0.717) is 34.8 Å². The van der Waals surface area contributed by atoms with Crippen molar-refractivity contribution in [1.82, 2.24) is 4.90 Å². The highest BCUT2D eigenvalue weighted by atomic mass is 16.5. The molecule has 1 aliphatic heterocycles. The lowest BCUT2D eigenvalue weighted by Gasteiger charge is -2.44. The molecule has 0 fully saturated rings. The smallest absolute Gasteiger partial charge is 0.319 e. The number of nitrogens with zero attached hydrogens (tertiary/aromatic N) is 1. The molecule has 2 aromatic carbocycles. The van der Waals surface area contributed by atoms with Gasteiger partial charge in [0.2, 0.25) is 5.75 Å². The summed E-state index contributed by atoms with van der Waals surface area (Å²) >= 11 is 0. The molecular formula is C23H25NO6. The van der Waals surface area contributed by atoms with E-state index < -0.39 is 11.5 Å². The molecule has 0 radical (unpaired) electrons. The van der Waals surface area contributed by atoms with Crippen molar-refractivity contribution in [3.8, 4) is 17.2 Å². The molecule has 2 atom stereocenters. The average Bonchev–Trinajstić information content (AvgIpc) is 3.12. The maximum absolute atomic E-state index is 13.5. The molecule has 2 aromatic rings. The molecule has 0 unspecified atom stereocenters. The van der Waals surface area contributed by atoms with Crippen molar-refractivity contribution in [3.05, 3.63) is 52.6 Å². The number of carbonyl (C=O) groups is 2. The van der Waals surface area contributed by atoms with Crippen molar-refractivity contribution in [3.63, 3.8) is 0 Å². The molecule has 0 bridgehead atoms. The van der Waals surface area contributed by atoms with Crippen LogP contribution in [0.4, 0.5) is 0 Å². The highest BCUT2D eigenvalue weighted by Gasteiger charge is 2.61. The molecule has 0 spiro atoms. The minimum Gasteiger partial charge on any atom is -0.493 e. The third-order valence-electron chi connectivity index (χ3n) is 6.17. The summed E-state index contributed by atoms with van der Waals surface area (Å²) in [6.45, 7) is 2.02. The highest BCUT2D eigenvalue weighted by Crippen LogP contribution is 2.59. The summed E-state index contributed by atoms with van der Waals surface area (Å²) in [5.74, 6) is 0.935. The van der Waals surface area contributed by atoms with E-state index in [1.54, 1.807) is 52.3 Å². The minimum absolute atomic E-state index is 0.142. The summed E-state index contributed by atoms with van der Waals surface area (Å²) in [5.41, 5.74) is 1.71. The number of likely N-dealkylation sites (N-methyl/N-ethyl adjacent to an activating group) is 1. The van der Waals surface area contributed by atoms with Crippen LogP contribution in [0.5, 0.6) is 17.2 Å². The second-order valence-electron chi connectivity index (χ2n) is 7.45. The zero-order chi connectivity index (χ0) is 21.6. The number of rotatable bonds is 5. The Bertz CT molecular complexity index is 1030. The lowest BCUT2D eigenvalue weighted by atomic mass is 9.69. The van der Waals surface area contributed by atoms with Crippen molar-refractivity contribution in [2.24, 2.45) is 0 Å². The van der Waals surface area contributed by atoms with E-state index in [-0.39, 0.29) is 18.5 Å². The molecule has 0 saturated heterocycles. The van der Waals surface area contributed by atoms with Crippen LogP contribution in [0.25, 0.3) is 0 Å². The summed E-state index contributed by atoms with van der Waals surface area (Å²) in [7, 11) is 6.36. The molecule has 4 rings (SSSR count). The van der Waals surface area contributed by atoms with Gasteiger partial charge in [-0.3, -0.25) is 9.59 Å². The summed E-state index contributed by atoms with van der Waals surface area (Å²) < 4.78 is 22.3. The van der Waals surface area contributed by atoms with Crippen molar-refractivity contribution in [1.29, 1.82) is 0 Å². The summed E-state index contributed by atoms with van der Waals surface area (Å²) in [6.07, 6.45) is 0.323. The molecule has 1 aliphatic carbocycles. The third kappa shape index (κ3) is 2.44. The number of methoxy groups -OCH3 is 3. The van der Waals surface area contributed by atoms with E-state index in [9.17, 15) is 9.59 Å². The SMILES string of the molecule is CCOC(=O)[C@]12Cc3c(cc(OC)c(OC)c3OC)[C@H]1N(C)C(=O)c1ccccc12. The maximum atomic E-state index is 13.5. The molecule has 2 aliphatic rings. The lowest BCUT2D eigenvalue weighted by Crippen LogP contribution is -2.53. The van der Waals surface area contributed by atoms with Crippen LogP contribution in [0, 0.1) is 0 Å². The van der Waals surface area contributed by atoms with Crippen LogP contribution in [-0.4, -0.2) is 51.8 Å². The molecule has 1 heterocycles. The van der Waals surface area contributed by atoms with E-state index in [0.717, 1.165) is 11.1 Å². The van der Waals surface area contributed by atoms with Gasteiger partial charge in [-0.2, -0.15) is 0 Å². The molecule has 1 amide bonds. The monoisotopic (exact) mass is 411 g/mol. The fourth-order valence-electron chi connectivity index (χ4n) is 5.00. The number of carbonyl (C=O) groups excluding carboxylic acids is 2. The fourth-order valence-corrected chi connectivity index (χ4v) is 5.00. The van der Waals surface area contributed by atoms with Crippen LogP contribution >= 0.6 is 0 Å². The van der Waals surface area contributed by atoms with Crippen LogP contribution in [0.2, 0.25) is 0 Å². The molecule has 0 aromatic heterocycles. The van der Waals surface area contributed by atoms with Crippen molar-refractivity contribution in [2.75, 3.05) is 35.0 Å². The van der Waals surface area contributed by atoms with Gasteiger partial charge < -0.3 is 23.8 Å². The molecule has 7 nitrogen and oxygen atoms in total. The Hall–Kier alpha value is -3.22. The van der Waals surface area contributed by atoms with Gasteiger partial charge in [0.25, 0.3) is 5.91 Å². The number of esters is 1. The molecular weight excluding hydrogens is 386 g/mol. The van der Waals surface area contributed by atoms with E-state index in [1.807, 2.05) is 18.2 Å². The zero-order valence-electron chi connectivity index (χ0n) is 17.8. The van der Waals surface area contributed by atoms with Crippen LogP contribution in [0.1, 0.15) is 40.0 Å². The molecule has 158 valence electrons. The average molecular weight is 411 g/mol. The van der Waals surface area contributed by atoms with Gasteiger partial charge in [0.15, 0.2) is 11.5 Å². The van der Waals surface area contributed by atoms with Crippen LogP contribution in [0.15, 0.2) is 30.3 Å². The Morgan fingerprint density at radius 2 is 1.83 bits per heavy atom. The van der Waals surface area contributed by atoms with E-state index >= 15 is 0 Å². The van der Waals surface area contributed by atoms with E-state index in [4.69, 9.17) is 18.9 Å². The Labute approximate surface area is 175 Å². The quantitative estimate of drug-likeness (QED) is 0.705.